The molecule has 0 unspecified atom stereocenters. The summed E-state index contributed by atoms with van der Waals surface area (Å²) in [7, 11) is 0. The molecule has 0 saturated carbocycles. The lowest BCUT2D eigenvalue weighted by Crippen LogP contribution is -2.17. The predicted octanol–water partition coefficient (Wildman–Crippen LogP) is 4.78. The van der Waals surface area contributed by atoms with Crippen LogP contribution < -0.4 is 5.56 Å². The van der Waals surface area contributed by atoms with Crippen molar-refractivity contribution in [1.82, 2.24) is 24.1 Å². The zero-order valence-corrected chi connectivity index (χ0v) is 18.3. The van der Waals surface area contributed by atoms with E-state index >= 15 is 0 Å². The Morgan fingerprint density at radius 3 is 2.61 bits per heavy atom. The number of aromatic nitrogens is 5. The molecule has 0 fully saturated rings. The van der Waals surface area contributed by atoms with Crippen LogP contribution in [0.5, 0.6) is 0 Å². The van der Waals surface area contributed by atoms with Crippen LogP contribution in [0.25, 0.3) is 33.5 Å². The highest BCUT2D eigenvalue weighted by molar-refractivity contribution is 6.35. The molecule has 5 rings (SSSR count). The molecular formula is C25H19ClN6O. The van der Waals surface area contributed by atoms with E-state index in [0.29, 0.717) is 17.8 Å². The van der Waals surface area contributed by atoms with Gasteiger partial charge >= 0.3 is 0 Å². The van der Waals surface area contributed by atoms with Crippen LogP contribution in [0.3, 0.4) is 0 Å². The molecular weight excluding hydrogens is 436 g/mol. The second-order valence-electron chi connectivity index (χ2n) is 7.49. The Morgan fingerprint density at radius 2 is 1.91 bits per heavy atom. The van der Waals surface area contributed by atoms with Crippen LogP contribution in [0.4, 0.5) is 0 Å². The summed E-state index contributed by atoms with van der Waals surface area (Å²) in [6, 6.07) is 17.8. The average Bonchev–Trinajstić information content (AvgIpc) is 3.47. The minimum absolute atomic E-state index is 0.137. The topological polar surface area (TPSA) is 81.5 Å². The quantitative estimate of drug-likeness (QED) is 0.296. The Hall–Kier alpha value is -4.23. The van der Waals surface area contributed by atoms with Gasteiger partial charge in [-0.15, -0.1) is 0 Å². The summed E-state index contributed by atoms with van der Waals surface area (Å²) < 4.78 is 5.06. The lowest BCUT2D eigenvalue weighted by molar-refractivity contribution is 0.824. The van der Waals surface area contributed by atoms with E-state index in [1.54, 1.807) is 10.9 Å². The van der Waals surface area contributed by atoms with E-state index in [0.717, 1.165) is 28.4 Å². The smallest absolute Gasteiger partial charge is 0.282 e. The fraction of sp³-hybridized carbons (Fsp3) is 0.0400. The van der Waals surface area contributed by atoms with Crippen molar-refractivity contribution in [3.8, 4) is 16.9 Å². The van der Waals surface area contributed by atoms with Crippen LogP contribution in [0.15, 0.2) is 95.7 Å². The maximum absolute atomic E-state index is 13.2. The van der Waals surface area contributed by atoms with Gasteiger partial charge in [-0.2, -0.15) is 14.9 Å². The molecule has 0 bridgehead atoms. The Bertz CT molecular complexity index is 1540. The number of nitrogens with zero attached hydrogens (tertiary/aromatic N) is 5. The van der Waals surface area contributed by atoms with Gasteiger partial charge < -0.3 is 9.98 Å². The molecule has 0 saturated heterocycles. The van der Waals surface area contributed by atoms with Gasteiger partial charge in [0.25, 0.3) is 5.56 Å². The number of fused-ring (bicyclic) bond motifs is 3. The van der Waals surface area contributed by atoms with Crippen LogP contribution in [0.2, 0.25) is 0 Å². The number of hydrogen-bond donors (Lipinski definition) is 1. The molecule has 8 heteroatoms. The Labute approximate surface area is 194 Å². The van der Waals surface area contributed by atoms with Crippen LogP contribution in [-0.4, -0.2) is 30.3 Å². The summed E-state index contributed by atoms with van der Waals surface area (Å²) in [4.78, 5) is 13.2. The van der Waals surface area contributed by atoms with Crippen molar-refractivity contribution >= 4 is 34.4 Å². The third-order valence-electron chi connectivity index (χ3n) is 5.44. The number of allylic oxidation sites excluding steroid dienone is 3. The first-order valence-corrected chi connectivity index (χ1v) is 10.6. The van der Waals surface area contributed by atoms with Gasteiger partial charge in [0.2, 0.25) is 0 Å². The standard InChI is InChI=1S/C25H19ClN6O/c1-17(26)22(11-12-27)32-25(33)21-16-30(23-6-3-2-5-20(23)24(21)29-32)15-18-7-9-19(10-8-18)31-14-4-13-28-31/h2-14,16,27H,1,15H2. The third-order valence-corrected chi connectivity index (χ3v) is 5.63. The van der Waals surface area contributed by atoms with Gasteiger partial charge in [-0.1, -0.05) is 48.5 Å². The van der Waals surface area contributed by atoms with Gasteiger partial charge in [-0.05, 0) is 35.9 Å². The Morgan fingerprint density at radius 1 is 1.12 bits per heavy atom. The van der Waals surface area contributed by atoms with E-state index in [4.69, 9.17) is 17.0 Å². The minimum atomic E-state index is -0.312. The molecule has 162 valence electrons. The highest BCUT2D eigenvalue weighted by Crippen LogP contribution is 2.29. The third kappa shape index (κ3) is 3.68. The van der Waals surface area contributed by atoms with E-state index in [1.807, 2.05) is 71.6 Å². The van der Waals surface area contributed by atoms with Crippen molar-refractivity contribution in [2.75, 3.05) is 0 Å². The molecule has 0 radical (unpaired) electrons. The molecule has 7 nitrogen and oxygen atoms in total. The number of rotatable bonds is 6. The maximum Gasteiger partial charge on any atom is 0.282 e. The van der Waals surface area contributed by atoms with Gasteiger partial charge in [-0.25, -0.2) is 4.68 Å². The van der Waals surface area contributed by atoms with Gasteiger partial charge in [0, 0.05) is 36.7 Å². The number of pyridine rings is 1. The van der Waals surface area contributed by atoms with E-state index in [2.05, 4.69) is 16.8 Å². The molecule has 3 aromatic rings. The number of nitrogens with one attached hydrogen (secondary N) is 1. The SMILES string of the molecule is C=C(Cl)C(=CC=N)n1nc2c3ccccc3n(Cc3ccc(-n4cccn4)cc3)cc-2c1=O. The van der Waals surface area contributed by atoms with E-state index in [-0.39, 0.29) is 16.3 Å². The Balaban J connectivity index is 1.63. The lowest BCUT2D eigenvalue weighted by Gasteiger charge is -2.14. The molecule has 0 aliphatic carbocycles. The number of benzene rings is 2. The van der Waals surface area contributed by atoms with Gasteiger partial charge in [0.05, 0.1) is 27.5 Å². The van der Waals surface area contributed by atoms with Crippen molar-refractivity contribution in [3.05, 3.63) is 107 Å². The second kappa shape index (κ2) is 8.37. The summed E-state index contributed by atoms with van der Waals surface area (Å²) >= 11 is 6.09. The van der Waals surface area contributed by atoms with Crippen molar-refractivity contribution in [3.63, 3.8) is 0 Å². The van der Waals surface area contributed by atoms with E-state index in [1.165, 1.54) is 10.8 Å². The summed E-state index contributed by atoms with van der Waals surface area (Å²) in [5.41, 5.74) is 4.02. The van der Waals surface area contributed by atoms with Crippen molar-refractivity contribution in [2.24, 2.45) is 0 Å². The van der Waals surface area contributed by atoms with Gasteiger partial charge in [0.15, 0.2) is 0 Å². The molecule has 2 aromatic carbocycles. The summed E-state index contributed by atoms with van der Waals surface area (Å²) in [5.74, 6) is 0. The molecule has 2 aliphatic heterocycles. The fourth-order valence-corrected chi connectivity index (χ4v) is 4.04. The van der Waals surface area contributed by atoms with Crippen molar-refractivity contribution < 1.29 is 0 Å². The maximum atomic E-state index is 13.2. The molecule has 0 atom stereocenters. The minimum Gasteiger partial charge on any atom is -0.342 e. The second-order valence-corrected chi connectivity index (χ2v) is 7.95. The molecule has 1 N–H and O–H groups in total. The first-order chi connectivity index (χ1) is 16.1. The zero-order valence-electron chi connectivity index (χ0n) is 17.5. The van der Waals surface area contributed by atoms with Crippen molar-refractivity contribution in [1.29, 1.82) is 5.41 Å². The molecule has 1 aromatic heterocycles. The van der Waals surface area contributed by atoms with Crippen LogP contribution in [-0.2, 0) is 6.54 Å². The first-order valence-electron chi connectivity index (χ1n) is 10.2. The fourth-order valence-electron chi connectivity index (χ4n) is 3.90. The summed E-state index contributed by atoms with van der Waals surface area (Å²) in [6.45, 7) is 4.28. The first kappa shape index (κ1) is 20.7. The Kier molecular flexibility index (Phi) is 5.24. The highest BCUT2D eigenvalue weighted by atomic mass is 35.5. The van der Waals surface area contributed by atoms with E-state index in [9.17, 15) is 4.79 Å². The normalized spacial score (nSPS) is 11.8. The van der Waals surface area contributed by atoms with Crippen LogP contribution in [0.1, 0.15) is 5.56 Å². The van der Waals surface area contributed by atoms with Crippen LogP contribution in [0, 0.1) is 5.41 Å². The molecule has 0 spiro atoms. The highest BCUT2D eigenvalue weighted by Gasteiger charge is 2.22. The summed E-state index contributed by atoms with van der Waals surface area (Å²) in [6.07, 6.45) is 7.92. The molecule has 2 aliphatic rings. The number of halogens is 1. The molecule has 0 amide bonds. The predicted molar refractivity (Wildman–Crippen MR) is 131 cm³/mol. The van der Waals surface area contributed by atoms with Crippen molar-refractivity contribution in [2.45, 2.75) is 6.54 Å². The van der Waals surface area contributed by atoms with E-state index < -0.39 is 0 Å². The van der Waals surface area contributed by atoms with Gasteiger partial charge in [0.1, 0.15) is 5.69 Å². The number of para-hydroxylation sites is 1. The largest absolute Gasteiger partial charge is 0.342 e. The molecule has 3 heterocycles. The monoisotopic (exact) mass is 454 g/mol. The van der Waals surface area contributed by atoms with Crippen LogP contribution >= 0.6 is 11.6 Å². The summed E-state index contributed by atoms with van der Waals surface area (Å²) in [5, 5.41) is 17.2. The van der Waals surface area contributed by atoms with Gasteiger partial charge in [-0.3, -0.25) is 4.79 Å². The molecule has 33 heavy (non-hydrogen) atoms. The average molecular weight is 455 g/mol. The zero-order chi connectivity index (χ0) is 22.9. The lowest BCUT2D eigenvalue weighted by atomic mass is 10.1. The number of hydrogen-bond acceptors (Lipinski definition) is 4.